The summed E-state index contributed by atoms with van der Waals surface area (Å²) in [4.78, 5) is 12.1. The molecule has 5 nitrogen and oxygen atoms in total. The summed E-state index contributed by atoms with van der Waals surface area (Å²) in [5, 5.41) is 9.76. The Morgan fingerprint density at radius 3 is 2.78 bits per heavy atom. The minimum Gasteiger partial charge on any atom is -0.387 e. The minimum atomic E-state index is -0.296. The molecule has 0 spiro atoms. The van der Waals surface area contributed by atoms with Gasteiger partial charge in [-0.3, -0.25) is 4.79 Å². The van der Waals surface area contributed by atoms with Gasteiger partial charge in [-0.15, -0.1) is 0 Å². The molecule has 1 aromatic carbocycles. The summed E-state index contributed by atoms with van der Waals surface area (Å²) in [6, 6.07) is 6.69. The summed E-state index contributed by atoms with van der Waals surface area (Å²) < 4.78 is 4.88. The maximum Gasteiger partial charge on any atom is 0.259 e. The number of hydrogen-bond acceptors (Lipinski definition) is 4. The lowest BCUT2D eigenvalue weighted by Gasteiger charge is -2.08. The predicted octanol–water partition coefficient (Wildman–Crippen LogP) is 2.93. The number of hydrogen-bond donors (Lipinski definition) is 2. The molecule has 1 amide bonds. The number of halogens is 1. The SMILES string of the molecule is CNc1ccc(Cl)cc1C(=O)Nc1cc(C)on1. The van der Waals surface area contributed by atoms with Crippen LogP contribution in [0.1, 0.15) is 16.1 Å². The highest BCUT2D eigenvalue weighted by atomic mass is 35.5. The normalized spacial score (nSPS) is 10.2. The lowest BCUT2D eigenvalue weighted by Crippen LogP contribution is -2.14. The highest BCUT2D eigenvalue weighted by Gasteiger charge is 2.13. The van der Waals surface area contributed by atoms with Gasteiger partial charge in [0.1, 0.15) is 5.76 Å². The van der Waals surface area contributed by atoms with Crippen LogP contribution in [0.3, 0.4) is 0 Å². The molecule has 0 unspecified atom stereocenters. The average molecular weight is 266 g/mol. The molecule has 94 valence electrons. The Balaban J connectivity index is 2.25. The number of carbonyl (C=O) groups is 1. The summed E-state index contributed by atoms with van der Waals surface area (Å²) in [5.41, 5.74) is 1.14. The number of amides is 1. The van der Waals surface area contributed by atoms with Gasteiger partial charge in [-0.25, -0.2) is 0 Å². The minimum absolute atomic E-state index is 0.296. The summed E-state index contributed by atoms with van der Waals surface area (Å²) in [5.74, 6) is 0.708. The van der Waals surface area contributed by atoms with Crippen LogP contribution in [-0.4, -0.2) is 18.1 Å². The van der Waals surface area contributed by atoms with Gasteiger partial charge >= 0.3 is 0 Å². The molecular formula is C12H12ClN3O2. The van der Waals surface area contributed by atoms with Crippen LogP contribution < -0.4 is 10.6 Å². The molecule has 0 fully saturated rings. The van der Waals surface area contributed by atoms with E-state index in [0.29, 0.717) is 27.9 Å². The standard InChI is InChI=1S/C12H12ClN3O2/c1-7-5-11(16-18-7)15-12(17)9-6-8(13)3-4-10(9)14-2/h3-6,14H,1-2H3,(H,15,16,17). The number of nitrogens with zero attached hydrogens (tertiary/aromatic N) is 1. The van der Waals surface area contributed by atoms with E-state index in [1.54, 1.807) is 38.2 Å². The molecule has 0 aliphatic heterocycles. The van der Waals surface area contributed by atoms with Gasteiger partial charge in [-0.2, -0.15) is 0 Å². The predicted molar refractivity (Wildman–Crippen MR) is 70.2 cm³/mol. The zero-order valence-electron chi connectivity index (χ0n) is 9.95. The zero-order chi connectivity index (χ0) is 13.1. The van der Waals surface area contributed by atoms with E-state index < -0.39 is 0 Å². The second-order valence-electron chi connectivity index (χ2n) is 3.72. The highest BCUT2D eigenvalue weighted by Crippen LogP contribution is 2.21. The highest BCUT2D eigenvalue weighted by molar-refractivity contribution is 6.31. The molecule has 1 aromatic heterocycles. The van der Waals surface area contributed by atoms with E-state index in [9.17, 15) is 4.79 Å². The van der Waals surface area contributed by atoms with E-state index in [1.165, 1.54) is 0 Å². The first-order valence-electron chi connectivity index (χ1n) is 5.32. The van der Waals surface area contributed by atoms with Crippen molar-refractivity contribution in [3.8, 4) is 0 Å². The Morgan fingerprint density at radius 2 is 2.17 bits per heavy atom. The smallest absolute Gasteiger partial charge is 0.259 e. The molecule has 2 aromatic rings. The molecule has 2 rings (SSSR count). The first-order chi connectivity index (χ1) is 8.60. The lowest BCUT2D eigenvalue weighted by atomic mass is 10.1. The van der Waals surface area contributed by atoms with Crippen LogP contribution in [0.2, 0.25) is 5.02 Å². The van der Waals surface area contributed by atoms with Crippen LogP contribution in [0.25, 0.3) is 0 Å². The van der Waals surface area contributed by atoms with Crippen molar-refractivity contribution in [3.63, 3.8) is 0 Å². The number of aryl methyl sites for hydroxylation is 1. The van der Waals surface area contributed by atoms with Gasteiger partial charge in [0, 0.05) is 23.8 Å². The lowest BCUT2D eigenvalue weighted by molar-refractivity contribution is 0.102. The Kier molecular flexibility index (Phi) is 3.53. The van der Waals surface area contributed by atoms with Gasteiger partial charge < -0.3 is 15.2 Å². The van der Waals surface area contributed by atoms with Crippen molar-refractivity contribution in [2.75, 3.05) is 17.7 Å². The molecule has 0 aliphatic rings. The van der Waals surface area contributed by atoms with E-state index in [2.05, 4.69) is 15.8 Å². The molecule has 0 saturated heterocycles. The summed E-state index contributed by atoms with van der Waals surface area (Å²) in [6.45, 7) is 1.75. The van der Waals surface area contributed by atoms with Crippen LogP contribution >= 0.6 is 11.6 Å². The third-order valence-corrected chi connectivity index (χ3v) is 2.60. The van der Waals surface area contributed by atoms with E-state index >= 15 is 0 Å². The van der Waals surface area contributed by atoms with E-state index in [4.69, 9.17) is 16.1 Å². The molecule has 0 aliphatic carbocycles. The Morgan fingerprint density at radius 1 is 1.39 bits per heavy atom. The van der Waals surface area contributed by atoms with Crippen LogP contribution in [0, 0.1) is 6.92 Å². The van der Waals surface area contributed by atoms with Gasteiger partial charge in [0.15, 0.2) is 5.82 Å². The fraction of sp³-hybridized carbons (Fsp3) is 0.167. The van der Waals surface area contributed by atoms with Crippen LogP contribution in [0.15, 0.2) is 28.8 Å². The molecule has 2 N–H and O–H groups in total. The second kappa shape index (κ2) is 5.10. The van der Waals surface area contributed by atoms with Crippen molar-refractivity contribution in [3.05, 3.63) is 40.6 Å². The first-order valence-corrected chi connectivity index (χ1v) is 5.70. The van der Waals surface area contributed by atoms with E-state index in [1.807, 2.05) is 0 Å². The first kappa shape index (κ1) is 12.4. The quantitative estimate of drug-likeness (QED) is 0.895. The van der Waals surface area contributed by atoms with Crippen molar-refractivity contribution >= 4 is 29.0 Å². The van der Waals surface area contributed by atoms with Gasteiger partial charge in [-0.05, 0) is 25.1 Å². The second-order valence-corrected chi connectivity index (χ2v) is 4.15. The van der Waals surface area contributed by atoms with Gasteiger partial charge in [0.25, 0.3) is 5.91 Å². The van der Waals surface area contributed by atoms with Crippen molar-refractivity contribution in [2.45, 2.75) is 6.92 Å². The van der Waals surface area contributed by atoms with Crippen LogP contribution in [0.4, 0.5) is 11.5 Å². The van der Waals surface area contributed by atoms with Gasteiger partial charge in [0.2, 0.25) is 0 Å². The van der Waals surface area contributed by atoms with Crippen LogP contribution in [-0.2, 0) is 0 Å². The van der Waals surface area contributed by atoms with Gasteiger partial charge in [-0.1, -0.05) is 16.8 Å². The van der Waals surface area contributed by atoms with E-state index in [-0.39, 0.29) is 5.91 Å². The number of rotatable bonds is 3. The molecule has 18 heavy (non-hydrogen) atoms. The number of carbonyl (C=O) groups excluding carboxylic acids is 1. The number of anilines is 2. The topological polar surface area (TPSA) is 67.2 Å². The fourth-order valence-electron chi connectivity index (χ4n) is 1.53. The monoisotopic (exact) mass is 265 g/mol. The van der Waals surface area contributed by atoms with Crippen LogP contribution in [0.5, 0.6) is 0 Å². The number of nitrogens with one attached hydrogen (secondary N) is 2. The zero-order valence-corrected chi connectivity index (χ0v) is 10.7. The molecule has 1 heterocycles. The summed E-state index contributed by atoms with van der Waals surface area (Å²) >= 11 is 5.88. The molecule has 0 radical (unpaired) electrons. The third-order valence-electron chi connectivity index (χ3n) is 2.37. The Bertz CT molecular complexity index is 580. The Labute approximate surface area is 109 Å². The van der Waals surface area contributed by atoms with Crippen molar-refractivity contribution in [1.29, 1.82) is 0 Å². The van der Waals surface area contributed by atoms with Gasteiger partial charge in [0.05, 0.1) is 5.56 Å². The fourth-order valence-corrected chi connectivity index (χ4v) is 1.70. The summed E-state index contributed by atoms with van der Waals surface area (Å²) in [6.07, 6.45) is 0. The Hall–Kier alpha value is -2.01. The third kappa shape index (κ3) is 2.62. The average Bonchev–Trinajstić information content (AvgIpc) is 2.74. The number of aromatic nitrogens is 1. The molecule has 0 bridgehead atoms. The molecular weight excluding hydrogens is 254 g/mol. The molecule has 0 atom stereocenters. The maximum absolute atomic E-state index is 12.1. The molecule has 6 heteroatoms. The van der Waals surface area contributed by atoms with E-state index in [0.717, 1.165) is 0 Å². The summed E-state index contributed by atoms with van der Waals surface area (Å²) in [7, 11) is 1.74. The van der Waals surface area contributed by atoms with Crippen molar-refractivity contribution in [2.24, 2.45) is 0 Å². The van der Waals surface area contributed by atoms with Crippen molar-refractivity contribution < 1.29 is 9.32 Å². The molecule has 0 saturated carbocycles. The maximum atomic E-state index is 12.1. The van der Waals surface area contributed by atoms with Crippen molar-refractivity contribution in [1.82, 2.24) is 5.16 Å². The number of benzene rings is 1. The largest absolute Gasteiger partial charge is 0.387 e.